The van der Waals surface area contributed by atoms with Crippen LogP contribution >= 0.6 is 0 Å². The zero-order chi connectivity index (χ0) is 12.6. The fourth-order valence-electron chi connectivity index (χ4n) is 1.21. The molecule has 96 valence electrons. The van der Waals surface area contributed by atoms with Crippen LogP contribution in [0.2, 0.25) is 0 Å². The molecule has 1 atom stereocenters. The highest BCUT2D eigenvalue weighted by Gasteiger charge is 2.34. The van der Waals surface area contributed by atoms with Crippen LogP contribution in [0.25, 0.3) is 0 Å². The maximum absolute atomic E-state index is 11.8. The number of carbonyl (C=O) groups is 1. The van der Waals surface area contributed by atoms with Crippen LogP contribution in [0.15, 0.2) is 0 Å². The number of hydrogen-bond acceptors (Lipinski definition) is 4. The van der Waals surface area contributed by atoms with Crippen molar-refractivity contribution < 1.29 is 14.3 Å². The van der Waals surface area contributed by atoms with E-state index in [1.165, 1.54) is 0 Å². The average molecular weight is 231 g/mol. The normalized spacial score (nSPS) is 14.9. The van der Waals surface area contributed by atoms with Crippen molar-refractivity contribution in [2.75, 3.05) is 26.4 Å². The molecule has 0 heterocycles. The second-order valence-corrected chi connectivity index (χ2v) is 4.46. The van der Waals surface area contributed by atoms with Crippen molar-refractivity contribution in [1.82, 2.24) is 5.32 Å². The zero-order valence-corrected chi connectivity index (χ0v) is 11.1. The largest absolute Gasteiger partial charge is 0.465 e. The van der Waals surface area contributed by atoms with Crippen molar-refractivity contribution in [2.45, 2.75) is 40.2 Å². The van der Waals surface area contributed by atoms with Gasteiger partial charge in [0.1, 0.15) is 5.54 Å². The number of carbonyl (C=O) groups excluding carboxylic acids is 1. The third-order valence-corrected chi connectivity index (χ3v) is 2.22. The quantitative estimate of drug-likeness (QED) is 0.644. The van der Waals surface area contributed by atoms with Crippen molar-refractivity contribution in [3.63, 3.8) is 0 Å². The minimum absolute atomic E-state index is 0.246. The van der Waals surface area contributed by atoms with Gasteiger partial charge in [0.05, 0.1) is 13.2 Å². The highest BCUT2D eigenvalue weighted by atomic mass is 16.5. The van der Waals surface area contributed by atoms with E-state index < -0.39 is 5.54 Å². The first-order chi connectivity index (χ1) is 7.46. The van der Waals surface area contributed by atoms with Crippen molar-refractivity contribution in [3.8, 4) is 0 Å². The van der Waals surface area contributed by atoms with Crippen molar-refractivity contribution >= 4 is 5.97 Å². The predicted molar refractivity (Wildman–Crippen MR) is 64.4 cm³/mol. The first-order valence-electron chi connectivity index (χ1n) is 5.96. The van der Waals surface area contributed by atoms with Gasteiger partial charge in [-0.25, -0.2) is 4.79 Å². The number of esters is 1. The molecule has 0 aliphatic carbocycles. The van der Waals surface area contributed by atoms with Crippen LogP contribution in [-0.2, 0) is 14.3 Å². The van der Waals surface area contributed by atoms with E-state index >= 15 is 0 Å². The van der Waals surface area contributed by atoms with Crippen molar-refractivity contribution in [3.05, 3.63) is 0 Å². The minimum Gasteiger partial charge on any atom is -0.465 e. The lowest BCUT2D eigenvalue weighted by atomic mass is 10.0. The first-order valence-corrected chi connectivity index (χ1v) is 5.96. The summed E-state index contributed by atoms with van der Waals surface area (Å²) in [7, 11) is 0. The van der Waals surface area contributed by atoms with Gasteiger partial charge in [0.15, 0.2) is 0 Å². The van der Waals surface area contributed by atoms with Gasteiger partial charge in [-0.1, -0.05) is 13.8 Å². The molecule has 0 saturated heterocycles. The molecule has 1 N–H and O–H groups in total. The van der Waals surface area contributed by atoms with Crippen molar-refractivity contribution in [1.29, 1.82) is 0 Å². The van der Waals surface area contributed by atoms with E-state index in [0.717, 1.165) is 6.54 Å². The lowest BCUT2D eigenvalue weighted by molar-refractivity contribution is -0.153. The fourth-order valence-corrected chi connectivity index (χ4v) is 1.21. The Morgan fingerprint density at radius 2 is 1.94 bits per heavy atom. The van der Waals surface area contributed by atoms with Crippen molar-refractivity contribution in [2.24, 2.45) is 5.92 Å². The van der Waals surface area contributed by atoms with Gasteiger partial charge in [-0.05, 0) is 33.2 Å². The molecule has 0 spiro atoms. The highest BCUT2D eigenvalue weighted by molar-refractivity contribution is 5.80. The maximum Gasteiger partial charge on any atom is 0.328 e. The van der Waals surface area contributed by atoms with Gasteiger partial charge in [0.2, 0.25) is 0 Å². The lowest BCUT2D eigenvalue weighted by Gasteiger charge is -2.29. The summed E-state index contributed by atoms with van der Waals surface area (Å²) < 4.78 is 10.4. The summed E-state index contributed by atoms with van der Waals surface area (Å²) in [4.78, 5) is 11.8. The summed E-state index contributed by atoms with van der Waals surface area (Å²) in [6.45, 7) is 11.8. The van der Waals surface area contributed by atoms with E-state index in [-0.39, 0.29) is 5.97 Å². The van der Waals surface area contributed by atoms with Crippen LogP contribution < -0.4 is 5.32 Å². The van der Waals surface area contributed by atoms with Gasteiger partial charge >= 0.3 is 5.97 Å². The topological polar surface area (TPSA) is 47.6 Å². The molecule has 1 unspecified atom stereocenters. The Hall–Kier alpha value is -0.610. The Morgan fingerprint density at radius 3 is 2.38 bits per heavy atom. The van der Waals surface area contributed by atoms with E-state index in [2.05, 4.69) is 19.2 Å². The molecule has 0 aromatic heterocycles. The van der Waals surface area contributed by atoms with E-state index in [1.54, 1.807) is 6.92 Å². The molecule has 16 heavy (non-hydrogen) atoms. The second kappa shape index (κ2) is 7.63. The summed E-state index contributed by atoms with van der Waals surface area (Å²) in [6.07, 6.45) is 0. The summed E-state index contributed by atoms with van der Waals surface area (Å²) in [5.74, 6) is 0.236. The molecule has 0 fully saturated rings. The molecule has 4 nitrogen and oxygen atoms in total. The Kier molecular flexibility index (Phi) is 7.34. The summed E-state index contributed by atoms with van der Waals surface area (Å²) >= 11 is 0. The SMILES string of the molecule is CCOCC(C)(NCC(C)C)C(=O)OCC. The van der Waals surface area contributed by atoms with Crippen LogP contribution in [0.4, 0.5) is 0 Å². The van der Waals surface area contributed by atoms with Crippen LogP contribution in [-0.4, -0.2) is 37.9 Å². The zero-order valence-electron chi connectivity index (χ0n) is 11.1. The van der Waals surface area contributed by atoms with Crippen LogP contribution in [0.3, 0.4) is 0 Å². The van der Waals surface area contributed by atoms with Gasteiger partial charge in [-0.3, -0.25) is 5.32 Å². The molecule has 0 aliphatic heterocycles. The van der Waals surface area contributed by atoms with Gasteiger partial charge in [0, 0.05) is 6.61 Å². The Balaban J connectivity index is 4.40. The lowest BCUT2D eigenvalue weighted by Crippen LogP contribution is -2.55. The molecular weight excluding hydrogens is 206 g/mol. The fraction of sp³-hybridized carbons (Fsp3) is 0.917. The summed E-state index contributed by atoms with van der Waals surface area (Å²) in [5, 5.41) is 3.22. The summed E-state index contributed by atoms with van der Waals surface area (Å²) in [6, 6.07) is 0. The third kappa shape index (κ3) is 5.47. The molecule has 0 saturated carbocycles. The van der Waals surface area contributed by atoms with Gasteiger partial charge in [-0.15, -0.1) is 0 Å². The number of rotatable bonds is 8. The molecule has 0 radical (unpaired) electrons. The van der Waals surface area contributed by atoms with Crippen LogP contribution in [0, 0.1) is 5.92 Å². The molecule has 0 aromatic rings. The Bertz CT molecular complexity index is 206. The van der Waals surface area contributed by atoms with E-state index in [0.29, 0.717) is 25.7 Å². The molecule has 0 amide bonds. The van der Waals surface area contributed by atoms with Crippen LogP contribution in [0.5, 0.6) is 0 Å². The smallest absolute Gasteiger partial charge is 0.328 e. The van der Waals surface area contributed by atoms with E-state index in [1.807, 2.05) is 13.8 Å². The van der Waals surface area contributed by atoms with E-state index in [4.69, 9.17) is 9.47 Å². The van der Waals surface area contributed by atoms with Crippen LogP contribution in [0.1, 0.15) is 34.6 Å². The van der Waals surface area contributed by atoms with Gasteiger partial charge in [-0.2, -0.15) is 0 Å². The third-order valence-electron chi connectivity index (χ3n) is 2.22. The first kappa shape index (κ1) is 15.4. The number of hydrogen-bond donors (Lipinski definition) is 1. The van der Waals surface area contributed by atoms with Gasteiger partial charge < -0.3 is 9.47 Å². The molecule has 0 bridgehead atoms. The predicted octanol–water partition coefficient (Wildman–Crippen LogP) is 1.59. The monoisotopic (exact) mass is 231 g/mol. The Labute approximate surface area is 98.7 Å². The summed E-state index contributed by atoms with van der Waals surface area (Å²) in [5.41, 5.74) is -0.740. The molecule has 0 aliphatic rings. The second-order valence-electron chi connectivity index (χ2n) is 4.46. The minimum atomic E-state index is -0.740. The number of ether oxygens (including phenoxy) is 2. The average Bonchev–Trinajstić information content (AvgIpc) is 2.24. The molecule has 0 aromatic carbocycles. The standard InChI is InChI=1S/C12H25NO3/c1-6-15-9-12(5,11(14)16-7-2)13-8-10(3)4/h10,13H,6-9H2,1-5H3. The Morgan fingerprint density at radius 1 is 1.31 bits per heavy atom. The van der Waals surface area contributed by atoms with Gasteiger partial charge in [0.25, 0.3) is 0 Å². The number of nitrogens with one attached hydrogen (secondary N) is 1. The molecule has 4 heteroatoms. The maximum atomic E-state index is 11.8. The highest BCUT2D eigenvalue weighted by Crippen LogP contribution is 2.09. The van der Waals surface area contributed by atoms with E-state index in [9.17, 15) is 4.79 Å². The molecule has 0 rings (SSSR count). The molecular formula is C12H25NO3.